The number of hydrogen-bond acceptors (Lipinski definition) is 6. The van der Waals surface area contributed by atoms with Crippen LogP contribution in [0.3, 0.4) is 0 Å². The van der Waals surface area contributed by atoms with E-state index in [-0.39, 0.29) is 30.2 Å². The molecule has 5 N–H and O–H groups in total. The zero-order valence-electron chi connectivity index (χ0n) is 11.2. The maximum Gasteiger partial charge on any atom is 0.258 e. The van der Waals surface area contributed by atoms with Crippen LogP contribution in [0, 0.1) is 0 Å². The van der Waals surface area contributed by atoms with Gasteiger partial charge < -0.3 is 21.7 Å². The highest BCUT2D eigenvalue weighted by Crippen LogP contribution is 2.26. The average Bonchev–Trinajstić information content (AvgIpc) is 2.67. The normalized spacial score (nSPS) is 10.3. The van der Waals surface area contributed by atoms with E-state index in [9.17, 15) is 9.59 Å². The topological polar surface area (TPSA) is 109 Å². The molecule has 0 bridgehead atoms. The van der Waals surface area contributed by atoms with Crippen molar-refractivity contribution in [1.82, 2.24) is 15.0 Å². The van der Waals surface area contributed by atoms with Gasteiger partial charge in [0.1, 0.15) is 10.6 Å². The van der Waals surface area contributed by atoms with Crippen LogP contribution in [-0.4, -0.2) is 35.3 Å². The number of hydrogen-bond donors (Lipinski definition) is 4. The van der Waals surface area contributed by atoms with Crippen molar-refractivity contribution in [3.63, 3.8) is 0 Å². The van der Waals surface area contributed by atoms with Crippen molar-refractivity contribution in [3.05, 3.63) is 5.56 Å². The molecule has 19 heavy (non-hydrogen) atoms. The molecule has 0 aromatic carbocycles. The molecule has 1 rings (SSSR count). The molecular formula is C11H19N5O2S. The third-order valence-electron chi connectivity index (χ3n) is 2.15. The fraction of sp³-hybridized carbons (Fsp3) is 0.545. The smallest absolute Gasteiger partial charge is 0.258 e. The van der Waals surface area contributed by atoms with Crippen LogP contribution in [0.4, 0.5) is 10.8 Å². The SMILES string of the molecule is CCNC(=O)CNc1snc(N)c1C(=O)NC(C)C. The zero-order valence-corrected chi connectivity index (χ0v) is 12.1. The summed E-state index contributed by atoms with van der Waals surface area (Å²) in [5, 5.41) is 8.78. The van der Waals surface area contributed by atoms with Crippen LogP contribution < -0.4 is 21.7 Å². The molecule has 0 aliphatic carbocycles. The predicted octanol–water partition coefficient (Wildman–Crippen LogP) is 0.412. The van der Waals surface area contributed by atoms with Crippen molar-refractivity contribution in [3.8, 4) is 0 Å². The van der Waals surface area contributed by atoms with Crippen LogP contribution in [-0.2, 0) is 4.79 Å². The van der Waals surface area contributed by atoms with Gasteiger partial charge in [0.25, 0.3) is 5.91 Å². The lowest BCUT2D eigenvalue weighted by Crippen LogP contribution is -2.32. The van der Waals surface area contributed by atoms with E-state index >= 15 is 0 Å². The summed E-state index contributed by atoms with van der Waals surface area (Å²) in [4.78, 5) is 23.3. The number of anilines is 2. The lowest BCUT2D eigenvalue weighted by Gasteiger charge is -2.10. The van der Waals surface area contributed by atoms with Gasteiger partial charge in [-0.2, -0.15) is 4.37 Å². The predicted molar refractivity (Wildman–Crippen MR) is 76.3 cm³/mol. The summed E-state index contributed by atoms with van der Waals surface area (Å²) in [6.07, 6.45) is 0. The number of nitrogens with zero attached hydrogens (tertiary/aromatic N) is 1. The Morgan fingerprint density at radius 2 is 2.11 bits per heavy atom. The molecule has 0 unspecified atom stereocenters. The van der Waals surface area contributed by atoms with E-state index in [4.69, 9.17) is 5.73 Å². The van der Waals surface area contributed by atoms with E-state index in [1.165, 1.54) is 0 Å². The average molecular weight is 285 g/mol. The number of aromatic nitrogens is 1. The van der Waals surface area contributed by atoms with Crippen LogP contribution in [0.25, 0.3) is 0 Å². The van der Waals surface area contributed by atoms with Crippen LogP contribution in [0.1, 0.15) is 31.1 Å². The summed E-state index contributed by atoms with van der Waals surface area (Å²) in [6.45, 7) is 6.19. The molecule has 1 heterocycles. The summed E-state index contributed by atoms with van der Waals surface area (Å²) < 4.78 is 3.93. The molecule has 0 fully saturated rings. The Hall–Kier alpha value is -1.83. The molecule has 0 atom stereocenters. The van der Waals surface area contributed by atoms with Crippen LogP contribution in [0.5, 0.6) is 0 Å². The van der Waals surface area contributed by atoms with Crippen molar-refractivity contribution < 1.29 is 9.59 Å². The summed E-state index contributed by atoms with van der Waals surface area (Å²) in [5.41, 5.74) is 5.98. The number of carbonyl (C=O) groups excluding carboxylic acids is 2. The Labute approximate surface area is 116 Å². The fourth-order valence-corrected chi connectivity index (χ4v) is 2.10. The third-order valence-corrected chi connectivity index (χ3v) is 2.97. The number of nitrogen functional groups attached to an aromatic ring is 1. The first-order valence-electron chi connectivity index (χ1n) is 6.02. The Morgan fingerprint density at radius 1 is 1.42 bits per heavy atom. The molecule has 8 heteroatoms. The number of carbonyl (C=O) groups is 2. The molecule has 0 saturated carbocycles. The van der Waals surface area contributed by atoms with Crippen molar-refractivity contribution in [2.75, 3.05) is 24.1 Å². The first-order chi connectivity index (χ1) is 8.95. The maximum absolute atomic E-state index is 12.0. The summed E-state index contributed by atoms with van der Waals surface area (Å²) in [5.74, 6) is -0.272. The van der Waals surface area contributed by atoms with Gasteiger partial charge in [-0.1, -0.05) is 0 Å². The zero-order chi connectivity index (χ0) is 14.4. The molecule has 7 nitrogen and oxygen atoms in total. The summed E-state index contributed by atoms with van der Waals surface area (Å²) in [6, 6.07) is 0.00281. The van der Waals surface area contributed by atoms with E-state index in [1.807, 2.05) is 20.8 Å². The first-order valence-corrected chi connectivity index (χ1v) is 6.79. The van der Waals surface area contributed by atoms with Gasteiger partial charge in [0.15, 0.2) is 5.82 Å². The van der Waals surface area contributed by atoms with Gasteiger partial charge in [0.05, 0.1) is 6.54 Å². The Morgan fingerprint density at radius 3 is 2.68 bits per heavy atom. The molecule has 2 amide bonds. The highest BCUT2D eigenvalue weighted by molar-refractivity contribution is 7.11. The van der Waals surface area contributed by atoms with Crippen molar-refractivity contribution >= 4 is 34.2 Å². The highest BCUT2D eigenvalue weighted by atomic mass is 32.1. The highest BCUT2D eigenvalue weighted by Gasteiger charge is 2.20. The molecular weight excluding hydrogens is 266 g/mol. The maximum atomic E-state index is 12.0. The summed E-state index contributed by atoms with van der Waals surface area (Å²) in [7, 11) is 0. The van der Waals surface area contributed by atoms with Gasteiger partial charge in [0.2, 0.25) is 5.91 Å². The van der Waals surface area contributed by atoms with Gasteiger partial charge in [-0.05, 0) is 32.3 Å². The van der Waals surface area contributed by atoms with Crippen molar-refractivity contribution in [1.29, 1.82) is 0 Å². The number of rotatable bonds is 6. The molecule has 0 saturated heterocycles. The van der Waals surface area contributed by atoms with E-state index in [1.54, 1.807) is 0 Å². The Bertz CT molecular complexity index is 458. The summed E-state index contributed by atoms with van der Waals surface area (Å²) >= 11 is 1.06. The second kappa shape index (κ2) is 6.93. The van der Waals surface area contributed by atoms with E-state index in [2.05, 4.69) is 20.3 Å². The lowest BCUT2D eigenvalue weighted by molar-refractivity contribution is -0.119. The molecule has 106 valence electrons. The van der Waals surface area contributed by atoms with E-state index < -0.39 is 0 Å². The van der Waals surface area contributed by atoms with Gasteiger partial charge in [-0.15, -0.1) is 0 Å². The molecule has 1 aromatic heterocycles. The molecule has 1 aromatic rings. The minimum atomic E-state index is -0.292. The Balaban J connectivity index is 2.74. The minimum Gasteiger partial charge on any atom is -0.382 e. The second-order valence-corrected chi connectivity index (χ2v) is 4.98. The van der Waals surface area contributed by atoms with Gasteiger partial charge >= 0.3 is 0 Å². The molecule has 0 aliphatic heterocycles. The molecule has 0 radical (unpaired) electrons. The third kappa shape index (κ3) is 4.40. The fourth-order valence-electron chi connectivity index (χ4n) is 1.40. The number of amides is 2. The number of likely N-dealkylation sites (N-methyl/N-ethyl adjacent to an activating group) is 1. The number of nitrogens with two attached hydrogens (primary N) is 1. The largest absolute Gasteiger partial charge is 0.382 e. The molecule has 0 aliphatic rings. The number of nitrogens with one attached hydrogen (secondary N) is 3. The Kier molecular flexibility index (Phi) is 5.56. The second-order valence-electron chi connectivity index (χ2n) is 4.21. The van der Waals surface area contributed by atoms with Gasteiger partial charge in [-0.3, -0.25) is 9.59 Å². The van der Waals surface area contributed by atoms with Gasteiger partial charge in [0, 0.05) is 12.6 Å². The minimum absolute atomic E-state index is 0.00281. The van der Waals surface area contributed by atoms with Crippen LogP contribution >= 0.6 is 11.5 Å². The van der Waals surface area contributed by atoms with Gasteiger partial charge in [-0.25, -0.2) is 0 Å². The quantitative estimate of drug-likeness (QED) is 0.605. The molecule has 0 spiro atoms. The van der Waals surface area contributed by atoms with Crippen LogP contribution in [0.15, 0.2) is 0 Å². The lowest BCUT2D eigenvalue weighted by atomic mass is 10.2. The van der Waals surface area contributed by atoms with E-state index in [0.717, 1.165) is 11.5 Å². The van der Waals surface area contributed by atoms with Crippen molar-refractivity contribution in [2.24, 2.45) is 0 Å². The standard InChI is InChI=1S/C11H19N5O2S/c1-4-13-7(17)5-14-11-8(9(12)16-19-11)10(18)15-6(2)3/h6,14H,4-5H2,1-3H3,(H2,12,16)(H,13,17)(H,15,18). The van der Waals surface area contributed by atoms with Crippen molar-refractivity contribution in [2.45, 2.75) is 26.8 Å². The first kappa shape index (κ1) is 15.2. The van der Waals surface area contributed by atoms with E-state index in [0.29, 0.717) is 17.1 Å². The van der Waals surface area contributed by atoms with Crippen LogP contribution in [0.2, 0.25) is 0 Å². The monoisotopic (exact) mass is 285 g/mol.